The van der Waals surface area contributed by atoms with Crippen molar-refractivity contribution in [3.05, 3.63) is 0 Å². The molecule has 0 aliphatic heterocycles. The van der Waals surface area contributed by atoms with Crippen LogP contribution in [0.4, 0.5) is 0 Å². The first-order valence-electron chi connectivity index (χ1n) is 5.94. The molecule has 1 aliphatic rings. The molecule has 0 radical (unpaired) electrons. The number of aliphatic carboxylic acids is 1. The Labute approximate surface area is 96.4 Å². The van der Waals surface area contributed by atoms with Crippen LogP contribution in [0.5, 0.6) is 0 Å². The van der Waals surface area contributed by atoms with Crippen LogP contribution in [0.3, 0.4) is 0 Å². The van der Waals surface area contributed by atoms with E-state index < -0.39 is 11.4 Å². The van der Waals surface area contributed by atoms with Crippen molar-refractivity contribution in [2.45, 2.75) is 46.0 Å². The molecule has 1 fully saturated rings. The fourth-order valence-corrected chi connectivity index (χ4v) is 1.94. The van der Waals surface area contributed by atoms with E-state index in [0.717, 1.165) is 25.7 Å². The monoisotopic (exact) mass is 227 g/mol. The van der Waals surface area contributed by atoms with E-state index in [1.165, 1.54) is 0 Å². The summed E-state index contributed by atoms with van der Waals surface area (Å²) in [7, 11) is 0. The summed E-state index contributed by atoms with van der Waals surface area (Å²) in [6.07, 6.45) is 4.71. The van der Waals surface area contributed by atoms with Crippen molar-refractivity contribution in [3.8, 4) is 0 Å². The van der Waals surface area contributed by atoms with E-state index in [1.54, 1.807) is 13.8 Å². The van der Waals surface area contributed by atoms with Gasteiger partial charge in [0.2, 0.25) is 5.91 Å². The Hall–Kier alpha value is -1.06. The summed E-state index contributed by atoms with van der Waals surface area (Å²) in [5, 5.41) is 11.7. The standard InChI is InChI=1S/C12H21NO3/c1-12(2,11(15)16)7-8-13-10(14)9-5-3-4-6-9/h9H,3-8H2,1-2H3,(H,13,14)(H,15,16). The molecule has 1 saturated carbocycles. The fourth-order valence-electron chi connectivity index (χ4n) is 1.94. The molecule has 1 aliphatic carbocycles. The fraction of sp³-hybridized carbons (Fsp3) is 0.833. The van der Waals surface area contributed by atoms with Crippen molar-refractivity contribution in [1.29, 1.82) is 0 Å². The lowest BCUT2D eigenvalue weighted by atomic mass is 9.89. The summed E-state index contributed by atoms with van der Waals surface area (Å²) in [5.41, 5.74) is -0.761. The summed E-state index contributed by atoms with van der Waals surface area (Å²) in [6, 6.07) is 0. The number of rotatable bonds is 5. The van der Waals surface area contributed by atoms with Crippen LogP contribution in [0.25, 0.3) is 0 Å². The molecule has 4 nitrogen and oxygen atoms in total. The van der Waals surface area contributed by atoms with Gasteiger partial charge < -0.3 is 10.4 Å². The van der Waals surface area contributed by atoms with Crippen molar-refractivity contribution in [2.24, 2.45) is 11.3 Å². The lowest BCUT2D eigenvalue weighted by molar-refractivity contribution is -0.147. The van der Waals surface area contributed by atoms with Gasteiger partial charge in [-0.2, -0.15) is 0 Å². The molecule has 0 bridgehead atoms. The maximum Gasteiger partial charge on any atom is 0.309 e. The molecule has 0 aromatic heterocycles. The number of amides is 1. The largest absolute Gasteiger partial charge is 0.481 e. The summed E-state index contributed by atoms with van der Waals surface area (Å²) in [6.45, 7) is 3.81. The number of carbonyl (C=O) groups is 2. The summed E-state index contributed by atoms with van der Waals surface area (Å²) < 4.78 is 0. The van der Waals surface area contributed by atoms with E-state index in [9.17, 15) is 9.59 Å². The zero-order chi connectivity index (χ0) is 12.2. The second-order valence-corrected chi connectivity index (χ2v) is 5.21. The van der Waals surface area contributed by atoms with Gasteiger partial charge in [0.25, 0.3) is 0 Å². The molecule has 0 aromatic carbocycles. The van der Waals surface area contributed by atoms with Gasteiger partial charge >= 0.3 is 5.97 Å². The highest BCUT2D eigenvalue weighted by Crippen LogP contribution is 2.25. The Morgan fingerprint density at radius 1 is 1.31 bits per heavy atom. The first-order chi connectivity index (χ1) is 7.43. The molecule has 16 heavy (non-hydrogen) atoms. The van der Waals surface area contributed by atoms with Crippen LogP contribution in [-0.2, 0) is 9.59 Å². The quantitative estimate of drug-likeness (QED) is 0.752. The van der Waals surface area contributed by atoms with Gasteiger partial charge in [-0.05, 0) is 33.1 Å². The van der Waals surface area contributed by atoms with E-state index >= 15 is 0 Å². The number of hydrogen-bond donors (Lipinski definition) is 2. The van der Waals surface area contributed by atoms with Gasteiger partial charge in [0.1, 0.15) is 0 Å². The third kappa shape index (κ3) is 3.51. The zero-order valence-corrected chi connectivity index (χ0v) is 10.1. The molecular weight excluding hydrogens is 206 g/mol. The Morgan fingerprint density at radius 3 is 2.38 bits per heavy atom. The second-order valence-electron chi connectivity index (χ2n) is 5.21. The van der Waals surface area contributed by atoms with Crippen LogP contribution in [0.15, 0.2) is 0 Å². The number of carbonyl (C=O) groups excluding carboxylic acids is 1. The van der Waals surface area contributed by atoms with Gasteiger partial charge in [0, 0.05) is 12.5 Å². The van der Waals surface area contributed by atoms with E-state index in [-0.39, 0.29) is 11.8 Å². The maximum absolute atomic E-state index is 11.6. The molecule has 0 aromatic rings. The maximum atomic E-state index is 11.6. The summed E-state index contributed by atoms with van der Waals surface area (Å²) in [5.74, 6) is -0.561. The molecule has 1 amide bonds. The van der Waals surface area contributed by atoms with Crippen molar-refractivity contribution < 1.29 is 14.7 Å². The molecule has 0 saturated heterocycles. The Bertz CT molecular complexity index is 267. The average Bonchev–Trinajstić information content (AvgIpc) is 2.69. The van der Waals surface area contributed by atoms with E-state index in [2.05, 4.69) is 5.32 Å². The Balaban J connectivity index is 2.24. The van der Waals surface area contributed by atoms with E-state index in [0.29, 0.717) is 13.0 Å². The van der Waals surface area contributed by atoms with Gasteiger partial charge in [-0.1, -0.05) is 12.8 Å². The molecule has 0 spiro atoms. The van der Waals surface area contributed by atoms with Gasteiger partial charge in [-0.25, -0.2) is 0 Å². The van der Waals surface area contributed by atoms with Gasteiger partial charge in [0.15, 0.2) is 0 Å². The van der Waals surface area contributed by atoms with Crippen LogP contribution >= 0.6 is 0 Å². The molecule has 2 N–H and O–H groups in total. The predicted molar refractivity (Wildman–Crippen MR) is 61.0 cm³/mol. The number of carboxylic acid groups (broad SMARTS) is 1. The van der Waals surface area contributed by atoms with Crippen molar-refractivity contribution in [3.63, 3.8) is 0 Å². The summed E-state index contributed by atoms with van der Waals surface area (Å²) >= 11 is 0. The van der Waals surface area contributed by atoms with Gasteiger partial charge in [-0.3, -0.25) is 9.59 Å². The van der Waals surface area contributed by atoms with Crippen molar-refractivity contribution >= 4 is 11.9 Å². The SMILES string of the molecule is CC(C)(CCNC(=O)C1CCCC1)C(=O)O. The summed E-state index contributed by atoms with van der Waals surface area (Å²) in [4.78, 5) is 22.5. The Morgan fingerprint density at radius 2 is 1.88 bits per heavy atom. The lowest BCUT2D eigenvalue weighted by Crippen LogP contribution is -2.34. The van der Waals surface area contributed by atoms with E-state index in [4.69, 9.17) is 5.11 Å². The van der Waals surface area contributed by atoms with Crippen molar-refractivity contribution in [2.75, 3.05) is 6.54 Å². The average molecular weight is 227 g/mol. The first-order valence-corrected chi connectivity index (χ1v) is 5.94. The predicted octanol–water partition coefficient (Wildman–Crippen LogP) is 1.79. The van der Waals surface area contributed by atoms with Gasteiger partial charge in [-0.15, -0.1) is 0 Å². The molecule has 0 heterocycles. The van der Waals surface area contributed by atoms with Crippen molar-refractivity contribution in [1.82, 2.24) is 5.32 Å². The van der Waals surface area contributed by atoms with Crippen LogP contribution < -0.4 is 5.32 Å². The second kappa shape index (κ2) is 5.32. The van der Waals surface area contributed by atoms with E-state index in [1.807, 2.05) is 0 Å². The molecule has 92 valence electrons. The minimum absolute atomic E-state index is 0.0960. The number of hydrogen-bond acceptors (Lipinski definition) is 2. The number of carboxylic acids is 1. The molecule has 4 heteroatoms. The van der Waals surface area contributed by atoms with Crippen LogP contribution in [-0.4, -0.2) is 23.5 Å². The zero-order valence-electron chi connectivity index (χ0n) is 10.1. The molecule has 0 unspecified atom stereocenters. The number of nitrogens with one attached hydrogen (secondary N) is 1. The molecule has 0 atom stereocenters. The minimum atomic E-state index is -0.817. The first kappa shape index (κ1) is 13.0. The third-order valence-electron chi connectivity index (χ3n) is 3.35. The highest BCUT2D eigenvalue weighted by Gasteiger charge is 2.27. The van der Waals surface area contributed by atoms with Gasteiger partial charge in [0.05, 0.1) is 5.41 Å². The third-order valence-corrected chi connectivity index (χ3v) is 3.35. The van der Waals surface area contributed by atoms with Crippen LogP contribution in [0, 0.1) is 11.3 Å². The Kier molecular flexibility index (Phi) is 4.33. The highest BCUT2D eigenvalue weighted by molar-refractivity contribution is 5.79. The van der Waals surface area contributed by atoms with Crippen LogP contribution in [0.2, 0.25) is 0 Å². The normalized spacial score (nSPS) is 17.4. The topological polar surface area (TPSA) is 66.4 Å². The molecule has 1 rings (SSSR count). The lowest BCUT2D eigenvalue weighted by Gasteiger charge is -2.19. The van der Waals surface area contributed by atoms with Crippen LogP contribution in [0.1, 0.15) is 46.0 Å². The molecular formula is C12H21NO3. The smallest absolute Gasteiger partial charge is 0.309 e. The highest BCUT2D eigenvalue weighted by atomic mass is 16.4. The minimum Gasteiger partial charge on any atom is -0.481 e.